The predicted molar refractivity (Wildman–Crippen MR) is 99.9 cm³/mol. The molecular weight excluding hydrogens is 350 g/mol. The molecule has 1 aliphatic heterocycles. The van der Waals surface area contributed by atoms with E-state index in [0.717, 1.165) is 16.2 Å². The number of piperazine rings is 1. The lowest BCUT2D eigenvalue weighted by molar-refractivity contribution is -0.144. The van der Waals surface area contributed by atoms with Crippen molar-refractivity contribution in [2.75, 3.05) is 31.5 Å². The topological polar surface area (TPSA) is 69.7 Å². The summed E-state index contributed by atoms with van der Waals surface area (Å²) in [5.41, 5.74) is 0.603. The molecule has 1 fully saturated rings. The number of nitrogens with zero attached hydrogens (tertiary/aromatic N) is 2. The van der Waals surface area contributed by atoms with E-state index in [9.17, 15) is 14.4 Å². The molecule has 134 valence electrons. The number of nitrogens with one attached hydrogen (secondary N) is 1. The van der Waals surface area contributed by atoms with Gasteiger partial charge in [-0.3, -0.25) is 14.4 Å². The van der Waals surface area contributed by atoms with Gasteiger partial charge in [-0.1, -0.05) is 42.1 Å². The second-order valence-electron chi connectivity index (χ2n) is 5.80. The molecule has 6 nitrogen and oxygen atoms in total. The largest absolute Gasteiger partial charge is 0.342 e. The van der Waals surface area contributed by atoms with Gasteiger partial charge in [-0.2, -0.15) is 0 Å². The molecule has 1 saturated heterocycles. The van der Waals surface area contributed by atoms with Crippen molar-refractivity contribution in [3.8, 4) is 0 Å². The third kappa shape index (κ3) is 4.43. The Hall–Kier alpha value is -2.80. The van der Waals surface area contributed by atoms with E-state index < -0.39 is 11.8 Å². The third-order valence-corrected chi connectivity index (χ3v) is 5.13. The third-order valence-electron chi connectivity index (χ3n) is 4.05. The van der Waals surface area contributed by atoms with Gasteiger partial charge in [0.15, 0.2) is 0 Å². The van der Waals surface area contributed by atoms with Gasteiger partial charge < -0.3 is 15.1 Å². The van der Waals surface area contributed by atoms with Crippen LogP contribution >= 0.6 is 11.8 Å². The molecule has 7 heteroatoms. The highest BCUT2D eigenvalue weighted by Crippen LogP contribution is 2.33. The van der Waals surface area contributed by atoms with Crippen LogP contribution in [0.25, 0.3) is 0 Å². The fraction of sp³-hybridized carbons (Fsp3) is 0.211. The van der Waals surface area contributed by atoms with Gasteiger partial charge in [-0.15, -0.1) is 0 Å². The minimum Gasteiger partial charge on any atom is -0.342 e. The molecule has 3 amide bonds. The van der Waals surface area contributed by atoms with Crippen LogP contribution in [0, 0.1) is 0 Å². The van der Waals surface area contributed by atoms with Gasteiger partial charge >= 0.3 is 11.8 Å². The summed E-state index contributed by atoms with van der Waals surface area (Å²) in [5.74, 6) is -1.24. The summed E-state index contributed by atoms with van der Waals surface area (Å²) >= 11 is 1.52. The molecule has 0 aliphatic carbocycles. The Bertz CT molecular complexity index is 790. The average Bonchev–Trinajstić information content (AvgIpc) is 2.69. The summed E-state index contributed by atoms with van der Waals surface area (Å²) in [6.45, 7) is 1.63. The van der Waals surface area contributed by atoms with Crippen LogP contribution in [0.3, 0.4) is 0 Å². The van der Waals surface area contributed by atoms with Crippen molar-refractivity contribution in [1.82, 2.24) is 9.80 Å². The number of para-hydroxylation sites is 1. The van der Waals surface area contributed by atoms with Gasteiger partial charge in [-0.05, 0) is 24.3 Å². The van der Waals surface area contributed by atoms with E-state index in [1.165, 1.54) is 16.7 Å². The van der Waals surface area contributed by atoms with Gasteiger partial charge in [0.2, 0.25) is 6.41 Å². The van der Waals surface area contributed by atoms with Crippen LogP contribution in [0.2, 0.25) is 0 Å². The van der Waals surface area contributed by atoms with Crippen molar-refractivity contribution in [2.45, 2.75) is 9.79 Å². The molecule has 0 aromatic heterocycles. The Balaban J connectivity index is 1.66. The first-order valence-electron chi connectivity index (χ1n) is 8.29. The number of hydrogen-bond donors (Lipinski definition) is 1. The van der Waals surface area contributed by atoms with Crippen molar-refractivity contribution in [3.63, 3.8) is 0 Å². The predicted octanol–water partition coefficient (Wildman–Crippen LogP) is 2.08. The maximum absolute atomic E-state index is 12.4. The fourth-order valence-electron chi connectivity index (χ4n) is 2.62. The molecule has 2 aromatic carbocycles. The first-order valence-corrected chi connectivity index (χ1v) is 9.10. The minimum atomic E-state index is -0.661. The van der Waals surface area contributed by atoms with Gasteiger partial charge in [-0.25, -0.2) is 0 Å². The van der Waals surface area contributed by atoms with Crippen LogP contribution in [0.4, 0.5) is 5.69 Å². The molecular formula is C19H19N3O3S. The standard InChI is InChI=1S/C19H19N3O3S/c23-14-21-10-12-22(13-11-21)19(25)18(24)20-16-8-4-5-9-17(16)26-15-6-2-1-3-7-15/h1-9,14H,10-13H2,(H,20,24). The number of rotatable bonds is 4. The molecule has 0 bridgehead atoms. The Morgan fingerprint density at radius 2 is 1.58 bits per heavy atom. The highest BCUT2D eigenvalue weighted by Gasteiger charge is 2.26. The molecule has 1 heterocycles. The molecule has 3 rings (SSSR count). The van der Waals surface area contributed by atoms with Gasteiger partial charge in [0.05, 0.1) is 5.69 Å². The summed E-state index contributed by atoms with van der Waals surface area (Å²) < 4.78 is 0. The number of amides is 3. The second-order valence-corrected chi connectivity index (χ2v) is 6.91. The van der Waals surface area contributed by atoms with Crippen LogP contribution in [0.1, 0.15) is 0 Å². The zero-order chi connectivity index (χ0) is 18.4. The van der Waals surface area contributed by atoms with Gasteiger partial charge in [0, 0.05) is 36.0 Å². The maximum atomic E-state index is 12.4. The highest BCUT2D eigenvalue weighted by atomic mass is 32.2. The van der Waals surface area contributed by atoms with Crippen molar-refractivity contribution in [3.05, 3.63) is 54.6 Å². The van der Waals surface area contributed by atoms with Gasteiger partial charge in [0.1, 0.15) is 0 Å². The highest BCUT2D eigenvalue weighted by molar-refractivity contribution is 7.99. The number of benzene rings is 2. The van der Waals surface area contributed by atoms with E-state index in [1.807, 2.05) is 48.5 Å². The van der Waals surface area contributed by atoms with E-state index in [0.29, 0.717) is 31.9 Å². The zero-order valence-corrected chi connectivity index (χ0v) is 14.9. The van der Waals surface area contributed by atoms with E-state index in [4.69, 9.17) is 0 Å². The van der Waals surface area contributed by atoms with E-state index in [2.05, 4.69) is 5.32 Å². The normalized spacial score (nSPS) is 14.0. The van der Waals surface area contributed by atoms with Crippen LogP contribution in [-0.4, -0.2) is 54.2 Å². The fourth-order valence-corrected chi connectivity index (χ4v) is 3.55. The lowest BCUT2D eigenvalue weighted by Crippen LogP contribution is -2.51. The van der Waals surface area contributed by atoms with E-state index >= 15 is 0 Å². The van der Waals surface area contributed by atoms with E-state index in [1.54, 1.807) is 11.0 Å². The molecule has 1 N–H and O–H groups in total. The van der Waals surface area contributed by atoms with Crippen LogP contribution in [-0.2, 0) is 14.4 Å². The second kappa shape index (κ2) is 8.53. The molecule has 1 aliphatic rings. The number of carbonyl (C=O) groups excluding carboxylic acids is 3. The minimum absolute atomic E-state index is 0.366. The van der Waals surface area contributed by atoms with Crippen molar-refractivity contribution in [2.24, 2.45) is 0 Å². The van der Waals surface area contributed by atoms with Crippen molar-refractivity contribution in [1.29, 1.82) is 0 Å². The summed E-state index contributed by atoms with van der Waals surface area (Å²) in [5, 5.41) is 2.72. The monoisotopic (exact) mass is 369 g/mol. The number of hydrogen-bond acceptors (Lipinski definition) is 4. The lowest BCUT2D eigenvalue weighted by Gasteiger charge is -2.32. The Morgan fingerprint density at radius 1 is 0.923 bits per heavy atom. The van der Waals surface area contributed by atoms with Crippen LogP contribution in [0.5, 0.6) is 0 Å². The Morgan fingerprint density at radius 3 is 2.27 bits per heavy atom. The molecule has 0 saturated carbocycles. The Labute approximate surface area is 156 Å². The van der Waals surface area contributed by atoms with Crippen molar-refractivity contribution < 1.29 is 14.4 Å². The molecule has 0 unspecified atom stereocenters. The van der Waals surface area contributed by atoms with Crippen LogP contribution < -0.4 is 5.32 Å². The molecule has 26 heavy (non-hydrogen) atoms. The van der Waals surface area contributed by atoms with Gasteiger partial charge in [0.25, 0.3) is 0 Å². The first kappa shape index (κ1) is 18.0. The summed E-state index contributed by atoms with van der Waals surface area (Å²) in [7, 11) is 0. The average molecular weight is 369 g/mol. The first-order chi connectivity index (χ1) is 12.7. The van der Waals surface area contributed by atoms with Crippen LogP contribution in [0.15, 0.2) is 64.4 Å². The lowest BCUT2D eigenvalue weighted by atomic mass is 10.3. The molecule has 0 atom stereocenters. The summed E-state index contributed by atoms with van der Waals surface area (Å²) in [6.07, 6.45) is 0.763. The summed E-state index contributed by atoms with van der Waals surface area (Å²) in [6, 6.07) is 17.2. The SMILES string of the molecule is O=CN1CCN(C(=O)C(=O)Nc2ccccc2Sc2ccccc2)CC1. The number of carbonyl (C=O) groups is 3. The van der Waals surface area contributed by atoms with E-state index in [-0.39, 0.29) is 0 Å². The number of anilines is 1. The molecule has 0 radical (unpaired) electrons. The van der Waals surface area contributed by atoms with Crippen molar-refractivity contribution >= 4 is 35.7 Å². The smallest absolute Gasteiger partial charge is 0.313 e. The molecule has 0 spiro atoms. The summed E-state index contributed by atoms with van der Waals surface area (Å²) in [4.78, 5) is 40.5. The zero-order valence-electron chi connectivity index (χ0n) is 14.1. The maximum Gasteiger partial charge on any atom is 0.313 e. The quantitative estimate of drug-likeness (QED) is 0.662. The Kier molecular flexibility index (Phi) is 5.91. The molecule has 2 aromatic rings.